The summed E-state index contributed by atoms with van der Waals surface area (Å²) in [4.78, 5) is 23.9. The monoisotopic (exact) mass is 262 g/mol. The van der Waals surface area contributed by atoms with E-state index in [2.05, 4.69) is 6.58 Å². The van der Waals surface area contributed by atoms with Gasteiger partial charge in [0.05, 0.1) is 17.4 Å². The van der Waals surface area contributed by atoms with Crippen LogP contribution in [0.15, 0.2) is 24.3 Å². The van der Waals surface area contributed by atoms with E-state index in [1.807, 2.05) is 13.0 Å². The smallest absolute Gasteiger partial charge is 0.334 e. The normalized spacial score (nSPS) is 48.8. The van der Waals surface area contributed by atoms with Gasteiger partial charge in [0.2, 0.25) is 0 Å². The Kier molecular flexibility index (Phi) is 2.52. The molecule has 3 rings (SSSR count). The first-order chi connectivity index (χ1) is 8.87. The molecule has 0 amide bonds. The molecule has 1 saturated heterocycles. The maximum absolute atomic E-state index is 12.2. The molecule has 0 aromatic rings. The van der Waals surface area contributed by atoms with Crippen molar-refractivity contribution in [2.75, 3.05) is 0 Å². The SMILES string of the molecule is C=C1C(=O)O[C@H]2C[C@@H](C)[C@H]3C=CC(=O)[C@]3(C)[C@@H](O)[C@@H]12. The van der Waals surface area contributed by atoms with Crippen molar-refractivity contribution in [1.29, 1.82) is 0 Å². The predicted octanol–water partition coefficient (Wildman–Crippen LogP) is 1.25. The first-order valence-corrected chi connectivity index (χ1v) is 6.68. The summed E-state index contributed by atoms with van der Waals surface area (Å²) in [5.41, 5.74) is -0.568. The summed E-state index contributed by atoms with van der Waals surface area (Å²) in [7, 11) is 0. The van der Waals surface area contributed by atoms with E-state index >= 15 is 0 Å². The highest BCUT2D eigenvalue weighted by molar-refractivity contribution is 5.99. The fraction of sp³-hybridized carbons (Fsp3) is 0.600. The molecule has 4 heteroatoms. The van der Waals surface area contributed by atoms with Crippen LogP contribution in [0.2, 0.25) is 0 Å². The quantitative estimate of drug-likeness (QED) is 0.527. The Bertz CT molecular complexity index is 506. The maximum atomic E-state index is 12.2. The second-order valence-electron chi connectivity index (χ2n) is 6.18. The summed E-state index contributed by atoms with van der Waals surface area (Å²) in [5.74, 6) is -0.802. The summed E-state index contributed by atoms with van der Waals surface area (Å²) in [6.07, 6.45) is 2.83. The van der Waals surface area contributed by atoms with Gasteiger partial charge in [-0.2, -0.15) is 0 Å². The molecule has 2 fully saturated rings. The molecule has 1 heterocycles. The van der Waals surface area contributed by atoms with E-state index in [0.29, 0.717) is 12.0 Å². The number of allylic oxidation sites excluding steroid dienone is 2. The van der Waals surface area contributed by atoms with Crippen LogP contribution in [0.4, 0.5) is 0 Å². The van der Waals surface area contributed by atoms with Crippen molar-refractivity contribution in [3.63, 3.8) is 0 Å². The van der Waals surface area contributed by atoms with Gasteiger partial charge in [0, 0.05) is 5.57 Å². The van der Waals surface area contributed by atoms with Gasteiger partial charge in [-0.05, 0) is 31.3 Å². The lowest BCUT2D eigenvalue weighted by Crippen LogP contribution is -2.46. The van der Waals surface area contributed by atoms with Crippen LogP contribution < -0.4 is 0 Å². The molecule has 0 aromatic heterocycles. The Morgan fingerprint density at radius 1 is 1.47 bits per heavy atom. The van der Waals surface area contributed by atoms with Gasteiger partial charge in [-0.25, -0.2) is 4.79 Å². The lowest BCUT2D eigenvalue weighted by atomic mass is 9.67. The third-order valence-electron chi connectivity index (χ3n) is 5.17. The number of carbonyl (C=O) groups excluding carboxylic acids is 2. The average molecular weight is 262 g/mol. The van der Waals surface area contributed by atoms with Gasteiger partial charge in [-0.15, -0.1) is 0 Å². The topological polar surface area (TPSA) is 63.6 Å². The van der Waals surface area contributed by atoms with Crippen LogP contribution in [-0.4, -0.2) is 29.1 Å². The zero-order valence-corrected chi connectivity index (χ0v) is 11.1. The summed E-state index contributed by atoms with van der Waals surface area (Å²) in [6, 6.07) is 0. The highest BCUT2D eigenvalue weighted by Gasteiger charge is 2.59. The number of aliphatic hydroxyl groups excluding tert-OH is 1. The van der Waals surface area contributed by atoms with Crippen molar-refractivity contribution >= 4 is 11.8 Å². The Hall–Kier alpha value is -1.42. The van der Waals surface area contributed by atoms with Crippen molar-refractivity contribution in [2.24, 2.45) is 23.2 Å². The molecule has 1 aliphatic heterocycles. The standard InChI is InChI=1S/C15H18O4/c1-7-6-10-12(8(2)14(18)19-10)13(17)15(3)9(7)4-5-11(15)16/h4-5,7,9-10,12-13,17H,2,6H2,1,3H3/t7-,9-,10+,12+,13+,15-/m1/s1. The molecule has 0 aromatic carbocycles. The molecule has 2 aliphatic carbocycles. The van der Waals surface area contributed by atoms with E-state index in [0.717, 1.165) is 0 Å². The Morgan fingerprint density at radius 3 is 2.84 bits per heavy atom. The first-order valence-electron chi connectivity index (χ1n) is 6.68. The molecule has 1 saturated carbocycles. The minimum absolute atomic E-state index is 0.00731. The largest absolute Gasteiger partial charge is 0.458 e. The maximum Gasteiger partial charge on any atom is 0.334 e. The number of esters is 1. The average Bonchev–Trinajstić information content (AvgIpc) is 2.77. The van der Waals surface area contributed by atoms with Gasteiger partial charge in [-0.3, -0.25) is 4.79 Å². The minimum atomic E-state index is -0.922. The van der Waals surface area contributed by atoms with Crippen molar-refractivity contribution in [2.45, 2.75) is 32.5 Å². The molecule has 1 N–H and O–H groups in total. The number of hydrogen-bond donors (Lipinski definition) is 1. The Morgan fingerprint density at radius 2 is 2.16 bits per heavy atom. The van der Waals surface area contributed by atoms with E-state index in [1.165, 1.54) is 0 Å². The summed E-state index contributed by atoms with van der Waals surface area (Å²) in [5, 5.41) is 10.7. The lowest BCUT2D eigenvalue weighted by Gasteiger charge is -2.37. The van der Waals surface area contributed by atoms with Crippen LogP contribution >= 0.6 is 0 Å². The van der Waals surface area contributed by atoms with E-state index in [4.69, 9.17) is 4.74 Å². The molecule has 0 radical (unpaired) electrons. The zero-order valence-electron chi connectivity index (χ0n) is 11.1. The van der Waals surface area contributed by atoms with Crippen LogP contribution in [0.3, 0.4) is 0 Å². The Balaban J connectivity index is 2.08. The predicted molar refractivity (Wildman–Crippen MR) is 68.0 cm³/mol. The van der Waals surface area contributed by atoms with Gasteiger partial charge < -0.3 is 9.84 Å². The molecular weight excluding hydrogens is 244 g/mol. The second-order valence-corrected chi connectivity index (χ2v) is 6.18. The van der Waals surface area contributed by atoms with E-state index in [1.54, 1.807) is 13.0 Å². The molecule has 102 valence electrons. The number of aliphatic hydroxyl groups is 1. The van der Waals surface area contributed by atoms with Crippen LogP contribution in [0, 0.1) is 23.2 Å². The van der Waals surface area contributed by atoms with Gasteiger partial charge in [0.15, 0.2) is 5.78 Å². The number of ketones is 1. The van der Waals surface area contributed by atoms with Crippen molar-refractivity contribution in [1.82, 2.24) is 0 Å². The van der Waals surface area contributed by atoms with E-state index < -0.39 is 23.4 Å². The number of rotatable bonds is 0. The summed E-state index contributed by atoms with van der Waals surface area (Å²) < 4.78 is 5.31. The van der Waals surface area contributed by atoms with E-state index in [9.17, 15) is 14.7 Å². The van der Waals surface area contributed by atoms with Crippen LogP contribution in [0.25, 0.3) is 0 Å². The van der Waals surface area contributed by atoms with Gasteiger partial charge in [-0.1, -0.05) is 19.6 Å². The van der Waals surface area contributed by atoms with Crippen LogP contribution in [0.1, 0.15) is 20.3 Å². The van der Waals surface area contributed by atoms with Crippen LogP contribution in [-0.2, 0) is 14.3 Å². The number of fused-ring (bicyclic) bond motifs is 2. The summed E-state index contributed by atoms with van der Waals surface area (Å²) >= 11 is 0. The molecular formula is C15H18O4. The van der Waals surface area contributed by atoms with Crippen molar-refractivity contribution < 1.29 is 19.4 Å². The first kappa shape index (κ1) is 12.6. The molecule has 0 bridgehead atoms. The Labute approximate surface area is 112 Å². The third-order valence-corrected chi connectivity index (χ3v) is 5.17. The molecule has 0 spiro atoms. The van der Waals surface area contributed by atoms with Crippen LogP contribution in [0.5, 0.6) is 0 Å². The minimum Gasteiger partial charge on any atom is -0.458 e. The van der Waals surface area contributed by atoms with Crippen molar-refractivity contribution in [3.8, 4) is 0 Å². The molecule has 19 heavy (non-hydrogen) atoms. The molecule has 4 nitrogen and oxygen atoms in total. The summed E-state index contributed by atoms with van der Waals surface area (Å²) in [6.45, 7) is 7.57. The van der Waals surface area contributed by atoms with Gasteiger partial charge >= 0.3 is 5.97 Å². The third kappa shape index (κ3) is 1.43. The van der Waals surface area contributed by atoms with Gasteiger partial charge in [0.25, 0.3) is 0 Å². The fourth-order valence-corrected chi connectivity index (χ4v) is 3.98. The zero-order chi connectivity index (χ0) is 13.9. The van der Waals surface area contributed by atoms with Gasteiger partial charge in [0.1, 0.15) is 6.10 Å². The number of hydrogen-bond acceptors (Lipinski definition) is 4. The molecule has 0 unspecified atom stereocenters. The lowest BCUT2D eigenvalue weighted by molar-refractivity contribution is -0.140. The highest BCUT2D eigenvalue weighted by atomic mass is 16.6. The van der Waals surface area contributed by atoms with E-state index in [-0.39, 0.29) is 23.7 Å². The second kappa shape index (κ2) is 3.79. The number of ether oxygens (including phenoxy) is 1. The number of carbonyl (C=O) groups is 2. The molecule has 6 atom stereocenters. The fourth-order valence-electron chi connectivity index (χ4n) is 3.98. The molecule has 3 aliphatic rings. The van der Waals surface area contributed by atoms with Crippen molar-refractivity contribution in [3.05, 3.63) is 24.3 Å². The highest BCUT2D eigenvalue weighted by Crippen LogP contribution is 2.52.